The molecular weight excluding hydrogens is 210 g/mol. The average Bonchev–Trinajstić information content (AvgIpc) is 2.83. The second kappa shape index (κ2) is 3.82. The third-order valence-corrected chi connectivity index (χ3v) is 4.54. The largest absolute Gasteiger partial charge is 0.395 e. The molecule has 0 aromatic heterocycles. The van der Waals surface area contributed by atoms with Gasteiger partial charge >= 0.3 is 0 Å². The lowest BCUT2D eigenvalue weighted by molar-refractivity contribution is 0.218. The highest BCUT2D eigenvalue weighted by atomic mass is 16.3. The normalized spacial score (nSPS) is 31.4. The van der Waals surface area contributed by atoms with E-state index in [0.29, 0.717) is 0 Å². The van der Waals surface area contributed by atoms with Gasteiger partial charge in [-0.25, -0.2) is 0 Å². The molecule has 3 rings (SSSR count). The molecule has 2 fully saturated rings. The van der Waals surface area contributed by atoms with Gasteiger partial charge in [-0.2, -0.15) is 0 Å². The molecule has 2 aliphatic rings. The van der Waals surface area contributed by atoms with Crippen molar-refractivity contribution in [3.05, 3.63) is 35.4 Å². The van der Waals surface area contributed by atoms with E-state index in [-0.39, 0.29) is 12.0 Å². The lowest BCUT2D eigenvalue weighted by atomic mass is 9.84. The van der Waals surface area contributed by atoms with Gasteiger partial charge in [0, 0.05) is 5.41 Å². The maximum absolute atomic E-state index is 9.44. The number of aliphatic hydroxyl groups is 1. The zero-order valence-electron chi connectivity index (χ0n) is 10.6. The van der Waals surface area contributed by atoms with Crippen molar-refractivity contribution in [2.45, 2.75) is 25.2 Å². The molecule has 1 saturated carbocycles. The molecule has 1 unspecified atom stereocenters. The summed E-state index contributed by atoms with van der Waals surface area (Å²) < 4.78 is 0. The first-order valence-corrected chi connectivity index (χ1v) is 6.55. The average molecular weight is 231 g/mol. The van der Waals surface area contributed by atoms with Crippen molar-refractivity contribution in [2.24, 2.45) is 11.8 Å². The monoisotopic (exact) mass is 231 g/mol. The van der Waals surface area contributed by atoms with Gasteiger partial charge in [-0.15, -0.1) is 0 Å². The number of rotatable bonds is 3. The Labute approximate surface area is 103 Å². The Kier molecular flexibility index (Phi) is 2.53. The lowest BCUT2D eigenvalue weighted by Crippen LogP contribution is -2.22. The minimum atomic E-state index is -0.127. The van der Waals surface area contributed by atoms with Crippen LogP contribution >= 0.6 is 0 Å². The zero-order valence-corrected chi connectivity index (χ0v) is 10.6. The van der Waals surface area contributed by atoms with Crippen LogP contribution in [0.5, 0.6) is 0 Å². The fourth-order valence-corrected chi connectivity index (χ4v) is 3.17. The maximum Gasteiger partial charge on any atom is 0.0522 e. The van der Waals surface area contributed by atoms with E-state index >= 15 is 0 Å². The van der Waals surface area contributed by atoms with Gasteiger partial charge in [-0.3, -0.25) is 0 Å². The Morgan fingerprint density at radius 2 is 2.00 bits per heavy atom. The van der Waals surface area contributed by atoms with E-state index < -0.39 is 0 Å². The van der Waals surface area contributed by atoms with E-state index in [1.54, 1.807) is 0 Å². The first-order chi connectivity index (χ1) is 8.13. The van der Waals surface area contributed by atoms with Crippen molar-refractivity contribution < 1.29 is 5.11 Å². The van der Waals surface area contributed by atoms with Crippen LogP contribution in [0.15, 0.2) is 24.3 Å². The van der Waals surface area contributed by atoms with Crippen molar-refractivity contribution in [1.29, 1.82) is 0 Å². The quantitative estimate of drug-likeness (QED) is 0.832. The highest BCUT2D eigenvalue weighted by Crippen LogP contribution is 2.55. The van der Waals surface area contributed by atoms with Gasteiger partial charge in [0.1, 0.15) is 0 Å². The first kappa shape index (κ1) is 11.2. The fraction of sp³-hybridized carbons (Fsp3) is 0.600. The number of benzene rings is 1. The minimum Gasteiger partial charge on any atom is -0.395 e. The van der Waals surface area contributed by atoms with Crippen LogP contribution in [0.4, 0.5) is 0 Å². The second-order valence-electron chi connectivity index (χ2n) is 6.18. The first-order valence-electron chi connectivity index (χ1n) is 6.55. The summed E-state index contributed by atoms with van der Waals surface area (Å²) in [5, 5.41) is 12.9. The van der Waals surface area contributed by atoms with Gasteiger partial charge in [-0.1, -0.05) is 38.1 Å². The summed E-state index contributed by atoms with van der Waals surface area (Å²) in [5.41, 5.74) is 2.61. The molecule has 17 heavy (non-hydrogen) atoms. The predicted molar refractivity (Wildman–Crippen MR) is 69.1 cm³/mol. The highest BCUT2D eigenvalue weighted by Gasteiger charge is 2.53. The Hall–Kier alpha value is -0.860. The smallest absolute Gasteiger partial charge is 0.0522 e. The van der Waals surface area contributed by atoms with E-state index in [9.17, 15) is 5.11 Å². The van der Waals surface area contributed by atoms with Crippen molar-refractivity contribution in [3.8, 4) is 0 Å². The van der Waals surface area contributed by atoms with Crippen molar-refractivity contribution in [2.75, 3.05) is 19.7 Å². The maximum atomic E-state index is 9.44. The van der Waals surface area contributed by atoms with Crippen LogP contribution in [0.2, 0.25) is 0 Å². The highest BCUT2D eigenvalue weighted by molar-refractivity contribution is 5.36. The molecule has 0 amide bonds. The van der Waals surface area contributed by atoms with E-state index in [1.807, 2.05) is 0 Å². The second-order valence-corrected chi connectivity index (χ2v) is 6.18. The van der Waals surface area contributed by atoms with Crippen molar-refractivity contribution in [1.82, 2.24) is 5.32 Å². The molecule has 1 saturated heterocycles. The molecule has 3 atom stereocenters. The number of nitrogens with one attached hydrogen (secondary N) is 1. The summed E-state index contributed by atoms with van der Waals surface area (Å²) in [6, 6.07) is 8.83. The zero-order chi connectivity index (χ0) is 12.0. The van der Waals surface area contributed by atoms with Crippen LogP contribution in [0.25, 0.3) is 0 Å². The minimum absolute atomic E-state index is 0.127. The van der Waals surface area contributed by atoms with Gasteiger partial charge in [0.05, 0.1) is 6.61 Å². The molecule has 1 aliphatic carbocycles. The third kappa shape index (κ3) is 1.80. The molecule has 0 radical (unpaired) electrons. The Morgan fingerprint density at radius 3 is 2.65 bits per heavy atom. The Bertz CT molecular complexity index is 417. The van der Waals surface area contributed by atoms with Crippen LogP contribution < -0.4 is 5.32 Å². The van der Waals surface area contributed by atoms with Crippen LogP contribution in [0.1, 0.15) is 30.9 Å². The third-order valence-electron chi connectivity index (χ3n) is 4.54. The van der Waals surface area contributed by atoms with Gasteiger partial charge in [0.2, 0.25) is 0 Å². The summed E-state index contributed by atoms with van der Waals surface area (Å²) in [6.45, 7) is 6.77. The summed E-state index contributed by atoms with van der Waals surface area (Å²) in [6.07, 6.45) is 0. The van der Waals surface area contributed by atoms with Crippen LogP contribution in [0, 0.1) is 11.8 Å². The van der Waals surface area contributed by atoms with E-state index in [0.717, 1.165) is 17.8 Å². The molecule has 1 aliphatic heterocycles. The predicted octanol–water partition coefficient (Wildman–Crippen LogP) is 1.89. The molecule has 92 valence electrons. The van der Waals surface area contributed by atoms with Crippen LogP contribution in [-0.4, -0.2) is 24.8 Å². The van der Waals surface area contributed by atoms with Crippen molar-refractivity contribution >= 4 is 0 Å². The number of fused-ring (bicyclic) bond motifs is 1. The van der Waals surface area contributed by atoms with Gasteiger partial charge in [0.15, 0.2) is 0 Å². The number of piperidine rings is 1. The molecule has 1 heterocycles. The molecule has 0 bridgehead atoms. The number of hydrogen-bond donors (Lipinski definition) is 2. The summed E-state index contributed by atoms with van der Waals surface area (Å²) in [7, 11) is 0. The summed E-state index contributed by atoms with van der Waals surface area (Å²) in [4.78, 5) is 0. The number of aliphatic hydroxyl groups excluding tert-OH is 1. The molecular formula is C15H21NO. The topological polar surface area (TPSA) is 32.3 Å². The number of hydrogen-bond acceptors (Lipinski definition) is 2. The van der Waals surface area contributed by atoms with Crippen LogP contribution in [0.3, 0.4) is 0 Å². The molecule has 1 aromatic carbocycles. The Balaban J connectivity index is 1.85. The summed E-state index contributed by atoms with van der Waals surface area (Å²) in [5.74, 6) is 2.50. The Morgan fingerprint density at radius 1 is 1.29 bits per heavy atom. The van der Waals surface area contributed by atoms with Gasteiger partial charge < -0.3 is 10.4 Å². The van der Waals surface area contributed by atoms with Crippen LogP contribution in [-0.2, 0) is 5.41 Å². The fourth-order valence-electron chi connectivity index (χ4n) is 3.17. The van der Waals surface area contributed by atoms with Gasteiger partial charge in [-0.05, 0) is 42.0 Å². The van der Waals surface area contributed by atoms with E-state index in [4.69, 9.17) is 0 Å². The molecule has 2 heteroatoms. The molecule has 2 nitrogen and oxygen atoms in total. The van der Waals surface area contributed by atoms with E-state index in [1.165, 1.54) is 24.2 Å². The molecule has 0 spiro atoms. The molecule has 1 aromatic rings. The SMILES string of the molecule is CC(C)(CO)c1cccc(C2[C@H]3CNC[C@@H]23)c1. The lowest BCUT2D eigenvalue weighted by Gasteiger charge is -2.23. The summed E-state index contributed by atoms with van der Waals surface area (Å²) >= 11 is 0. The van der Waals surface area contributed by atoms with E-state index in [2.05, 4.69) is 43.4 Å². The van der Waals surface area contributed by atoms with Crippen molar-refractivity contribution in [3.63, 3.8) is 0 Å². The molecule has 2 N–H and O–H groups in total. The van der Waals surface area contributed by atoms with Gasteiger partial charge in [0.25, 0.3) is 0 Å². The standard InChI is InChI=1S/C15H21NO/c1-15(2,9-17)11-5-3-4-10(6-11)14-12-7-16-8-13(12)14/h3-6,12-14,16-17H,7-9H2,1-2H3/t12-,13+,14?.